The quantitative estimate of drug-likeness (QED) is 0.150. The molecule has 3 aromatic rings. The maximum absolute atomic E-state index is 15.0. The molecular formula is C47H57N7O9. The van der Waals surface area contributed by atoms with E-state index in [-0.39, 0.29) is 30.8 Å². The molecule has 3 fully saturated rings. The highest BCUT2D eigenvalue weighted by Crippen LogP contribution is 2.61. The first-order chi connectivity index (χ1) is 29.8. The first-order valence-electron chi connectivity index (χ1n) is 21.7. The van der Waals surface area contributed by atoms with Crippen LogP contribution in [0.3, 0.4) is 0 Å². The van der Waals surface area contributed by atoms with E-state index in [0.717, 1.165) is 5.69 Å². The number of methoxy groups -OCH3 is 1. The minimum atomic E-state index is -1.66. The van der Waals surface area contributed by atoms with E-state index in [1.807, 2.05) is 86.6 Å². The highest BCUT2D eigenvalue weighted by molar-refractivity contribution is 6.01. The summed E-state index contributed by atoms with van der Waals surface area (Å²) in [6.45, 7) is 8.82. The van der Waals surface area contributed by atoms with Crippen molar-refractivity contribution in [3.63, 3.8) is 0 Å². The highest BCUT2D eigenvalue weighted by atomic mass is 16.5. The van der Waals surface area contributed by atoms with Crippen molar-refractivity contribution in [2.24, 2.45) is 17.4 Å². The van der Waals surface area contributed by atoms with Crippen molar-refractivity contribution in [3.8, 4) is 5.75 Å². The summed E-state index contributed by atoms with van der Waals surface area (Å²) < 4.78 is 5.60. The summed E-state index contributed by atoms with van der Waals surface area (Å²) >= 11 is 0. The molecule has 0 radical (unpaired) electrons. The smallest absolute Gasteiger partial charge is 0.411 e. The standard InChI is InChI=1S/C47H57N7O9/c1-27-24-35(34-8-6-22-52(34)46(39(57)50-41(59)60)30-14-10-28(11-15-30)43(46,2)25-37(48)55)54(32-18-20-33(63-5)21-19-32)45(27,4)36-9-7-23-53(36)47(40(58)51-42(61)62)31-16-12-29(13-17-31)44(47,3)26-38(49)56/h10-21,27,34-36H,6-9,22-26H2,1-5H3,(H2,48,55)(H2,49,56)(H,50,57)(H,51,58)(H,59,60)(H,61,62)/t27?,34?,35-,36?,43?,44?,45-,46-,47-/m1/s1. The molecule has 16 heteroatoms. The zero-order chi connectivity index (χ0) is 45.4. The van der Waals surface area contributed by atoms with Crippen molar-refractivity contribution < 1.29 is 43.7 Å². The lowest BCUT2D eigenvalue weighted by molar-refractivity contribution is -0.145. The van der Waals surface area contributed by atoms with Gasteiger partial charge in [0.15, 0.2) is 0 Å². The van der Waals surface area contributed by atoms with Crippen LogP contribution < -0.4 is 31.7 Å². The summed E-state index contributed by atoms with van der Waals surface area (Å²) in [4.78, 5) is 87.4. The maximum Gasteiger partial charge on any atom is 0.411 e. The van der Waals surface area contributed by atoms with Crippen LogP contribution in [0.2, 0.25) is 0 Å². The predicted octanol–water partition coefficient (Wildman–Crippen LogP) is 4.27. The Morgan fingerprint density at radius 1 is 0.667 bits per heavy atom. The number of hydrogen-bond donors (Lipinski definition) is 6. The summed E-state index contributed by atoms with van der Waals surface area (Å²) in [5.74, 6) is -2.25. The summed E-state index contributed by atoms with van der Waals surface area (Å²) in [7, 11) is 1.59. The molecule has 10 rings (SSSR count). The molecule has 3 aromatic carbocycles. The van der Waals surface area contributed by atoms with Gasteiger partial charge in [0.25, 0.3) is 11.8 Å². The number of anilines is 1. The van der Waals surface area contributed by atoms with Gasteiger partial charge < -0.3 is 31.3 Å². The van der Waals surface area contributed by atoms with E-state index in [1.54, 1.807) is 7.11 Å². The van der Waals surface area contributed by atoms with Gasteiger partial charge in [0, 0.05) is 47.5 Å². The van der Waals surface area contributed by atoms with Crippen molar-refractivity contribution in [2.45, 2.75) is 118 Å². The molecule has 0 spiro atoms. The van der Waals surface area contributed by atoms with Crippen molar-refractivity contribution in [3.05, 3.63) is 95.1 Å². The van der Waals surface area contributed by atoms with Gasteiger partial charge in [0.2, 0.25) is 11.8 Å². The van der Waals surface area contributed by atoms with Crippen LogP contribution in [0.1, 0.15) is 94.9 Å². The normalized spacial score (nSPS) is 33.3. The number of primary amides is 2. The molecule has 3 heterocycles. The Hall–Kier alpha value is -6.00. The number of carbonyl (C=O) groups is 6. The lowest BCUT2D eigenvalue weighted by atomic mass is 9.56. The van der Waals surface area contributed by atoms with Gasteiger partial charge in [-0.15, -0.1) is 0 Å². The van der Waals surface area contributed by atoms with Crippen LogP contribution in [0.15, 0.2) is 72.8 Å². The van der Waals surface area contributed by atoms with Crippen molar-refractivity contribution in [1.82, 2.24) is 20.4 Å². The van der Waals surface area contributed by atoms with Crippen LogP contribution in [0.5, 0.6) is 5.75 Å². The Morgan fingerprint density at radius 3 is 1.57 bits per heavy atom. The summed E-state index contributed by atoms with van der Waals surface area (Å²) in [6, 6.07) is 21.4. The number of amides is 6. The zero-order valence-corrected chi connectivity index (χ0v) is 36.4. The second-order valence-electron chi connectivity index (χ2n) is 18.8. The SMILES string of the molecule is COc1ccc(N2[C@@H](C3CCCN3[C@@]3(C(=O)NC(=O)O)c4ccc(cc4)C3(C)CC(N)=O)CC(C)[C@]2(C)C2CCCN2[C@@]2(C(=O)NC(=O)O)c3ccc(cc3)C2(C)CC(N)=O)cc1. The second kappa shape index (κ2) is 15.4. The monoisotopic (exact) mass is 863 g/mol. The van der Waals surface area contributed by atoms with E-state index in [2.05, 4.69) is 39.2 Å². The fourth-order valence-corrected chi connectivity index (χ4v) is 13.5. The van der Waals surface area contributed by atoms with Crippen LogP contribution in [-0.2, 0) is 41.1 Å². The summed E-state index contributed by atoms with van der Waals surface area (Å²) in [5.41, 5.74) is 8.67. The third kappa shape index (κ3) is 6.07. The van der Waals surface area contributed by atoms with Crippen molar-refractivity contribution in [2.75, 3.05) is 25.1 Å². The summed E-state index contributed by atoms with van der Waals surface area (Å²) in [5, 5.41) is 24.6. The van der Waals surface area contributed by atoms with Gasteiger partial charge in [-0.3, -0.25) is 39.6 Å². The molecule has 4 aliphatic carbocycles. The van der Waals surface area contributed by atoms with Crippen LogP contribution in [0.25, 0.3) is 0 Å². The van der Waals surface area contributed by atoms with E-state index in [4.69, 9.17) is 16.2 Å². The van der Waals surface area contributed by atoms with Crippen molar-refractivity contribution >= 4 is 41.5 Å². The molecule has 4 bridgehead atoms. The number of imide groups is 2. The molecule has 3 saturated heterocycles. The molecule has 9 atom stereocenters. The minimum absolute atomic E-state index is 0.102. The number of fused-ring (bicyclic) bond motifs is 6. The van der Waals surface area contributed by atoms with E-state index in [9.17, 15) is 39.0 Å². The van der Waals surface area contributed by atoms with Gasteiger partial charge in [-0.1, -0.05) is 69.3 Å². The number of rotatable bonds is 12. The zero-order valence-electron chi connectivity index (χ0n) is 36.4. The van der Waals surface area contributed by atoms with Crippen LogP contribution >= 0.6 is 0 Å². The highest BCUT2D eigenvalue weighted by Gasteiger charge is 2.70. The predicted molar refractivity (Wildman–Crippen MR) is 232 cm³/mol. The average molecular weight is 864 g/mol. The Kier molecular flexibility index (Phi) is 10.6. The molecule has 0 saturated carbocycles. The van der Waals surface area contributed by atoms with Crippen LogP contribution in [-0.4, -0.2) is 99.7 Å². The lowest BCUT2D eigenvalue weighted by Gasteiger charge is -2.60. The molecule has 16 nitrogen and oxygen atoms in total. The topological polar surface area (TPSA) is 238 Å². The third-order valence-electron chi connectivity index (χ3n) is 16.0. The second-order valence-corrected chi connectivity index (χ2v) is 18.8. The molecule has 63 heavy (non-hydrogen) atoms. The van der Waals surface area contributed by atoms with Crippen LogP contribution in [0, 0.1) is 5.92 Å². The number of benzene rings is 3. The molecule has 5 unspecified atom stereocenters. The Morgan fingerprint density at radius 2 is 1.11 bits per heavy atom. The summed E-state index contributed by atoms with van der Waals surface area (Å²) in [6.07, 6.45) is -0.289. The fraction of sp³-hybridized carbons (Fsp3) is 0.489. The Bertz CT molecular complexity index is 2360. The van der Waals surface area contributed by atoms with Gasteiger partial charge in [0.05, 0.1) is 12.6 Å². The van der Waals surface area contributed by atoms with Gasteiger partial charge in [-0.2, -0.15) is 0 Å². The number of carbonyl (C=O) groups excluding carboxylic acids is 4. The first-order valence-corrected chi connectivity index (χ1v) is 21.7. The average Bonchev–Trinajstić information content (AvgIpc) is 3.97. The molecule has 8 N–H and O–H groups in total. The number of nitrogens with one attached hydrogen (secondary N) is 2. The third-order valence-corrected chi connectivity index (χ3v) is 16.0. The lowest BCUT2D eigenvalue weighted by Crippen LogP contribution is -2.74. The van der Waals surface area contributed by atoms with Gasteiger partial charge in [-0.05, 0) is 105 Å². The molecule has 6 amide bonds. The molecule has 334 valence electrons. The van der Waals surface area contributed by atoms with E-state index < -0.39 is 69.3 Å². The Balaban J connectivity index is 1.32. The maximum atomic E-state index is 15.0. The van der Waals surface area contributed by atoms with Gasteiger partial charge in [-0.25, -0.2) is 9.59 Å². The Labute approximate surface area is 366 Å². The largest absolute Gasteiger partial charge is 0.497 e. The van der Waals surface area contributed by atoms with Crippen molar-refractivity contribution in [1.29, 1.82) is 0 Å². The first kappa shape index (κ1) is 43.6. The van der Waals surface area contributed by atoms with Crippen LogP contribution in [0.4, 0.5) is 15.3 Å². The number of ether oxygens (including phenoxy) is 1. The van der Waals surface area contributed by atoms with E-state index in [1.165, 1.54) is 0 Å². The number of nitrogens with zero attached hydrogens (tertiary/aromatic N) is 3. The minimum Gasteiger partial charge on any atom is -0.497 e. The number of carboxylic acid groups (broad SMARTS) is 2. The molecule has 3 aliphatic heterocycles. The number of likely N-dealkylation sites (tertiary alicyclic amines) is 2. The molecule has 0 aromatic heterocycles. The number of hydrogen-bond acceptors (Lipinski definition) is 10. The molecular weight excluding hydrogens is 807 g/mol. The van der Waals surface area contributed by atoms with E-state index in [0.29, 0.717) is 73.2 Å². The van der Waals surface area contributed by atoms with Gasteiger partial charge in [0.1, 0.15) is 16.8 Å². The number of nitrogens with two attached hydrogens (primary N) is 2. The molecule has 7 aliphatic rings. The van der Waals surface area contributed by atoms with E-state index >= 15 is 0 Å². The fourth-order valence-electron chi connectivity index (χ4n) is 13.5. The van der Waals surface area contributed by atoms with Gasteiger partial charge >= 0.3 is 12.2 Å².